The molecule has 0 radical (unpaired) electrons. The number of aromatic nitrogens is 3. The van der Waals surface area contributed by atoms with Crippen LogP contribution in [0.1, 0.15) is 11.3 Å². The number of piperazine rings is 1. The summed E-state index contributed by atoms with van der Waals surface area (Å²) in [6.45, 7) is 3.78. The van der Waals surface area contributed by atoms with E-state index in [0.29, 0.717) is 10.8 Å². The average molecular weight is 341 g/mol. The van der Waals surface area contributed by atoms with Crippen LogP contribution in [0.3, 0.4) is 0 Å². The maximum absolute atomic E-state index is 5.47. The van der Waals surface area contributed by atoms with Gasteiger partial charge in [0.2, 0.25) is 0 Å². The summed E-state index contributed by atoms with van der Waals surface area (Å²) < 4.78 is 0. The molecule has 0 aliphatic carbocycles. The van der Waals surface area contributed by atoms with Gasteiger partial charge in [0.1, 0.15) is 5.71 Å². The summed E-state index contributed by atoms with van der Waals surface area (Å²) in [5.41, 5.74) is 5.27. The molecule has 3 heterocycles. The highest BCUT2D eigenvalue weighted by atomic mass is 32.1. The van der Waals surface area contributed by atoms with Gasteiger partial charge < -0.3 is 9.80 Å². The lowest BCUT2D eigenvalue weighted by Crippen LogP contribution is -2.49. The van der Waals surface area contributed by atoms with Crippen LogP contribution in [0.2, 0.25) is 0 Å². The normalized spacial score (nSPS) is 16.0. The number of hydrogen-bond donors (Lipinski definition) is 1. The highest BCUT2D eigenvalue weighted by Crippen LogP contribution is 2.07. The highest BCUT2D eigenvalue weighted by Gasteiger charge is 2.16. The van der Waals surface area contributed by atoms with E-state index in [2.05, 4.69) is 42.6 Å². The summed E-state index contributed by atoms with van der Waals surface area (Å²) in [5.74, 6) is 0. The van der Waals surface area contributed by atoms with Gasteiger partial charge in [-0.3, -0.25) is 10.4 Å². The molecule has 0 unspecified atom stereocenters. The van der Waals surface area contributed by atoms with Crippen molar-refractivity contribution in [1.29, 1.82) is 0 Å². The van der Waals surface area contributed by atoms with Gasteiger partial charge >= 0.3 is 0 Å². The molecule has 0 bridgehead atoms. The third-order valence-electron chi connectivity index (χ3n) is 3.82. The number of rotatable bonds is 3. The van der Waals surface area contributed by atoms with E-state index in [0.717, 1.165) is 37.4 Å². The number of hydrogen-bond acceptors (Lipinski definition) is 6. The van der Waals surface area contributed by atoms with Gasteiger partial charge in [0.25, 0.3) is 0 Å². The molecule has 1 aliphatic heterocycles. The van der Waals surface area contributed by atoms with E-state index in [4.69, 9.17) is 12.2 Å². The molecule has 0 aromatic carbocycles. The summed E-state index contributed by atoms with van der Waals surface area (Å²) in [7, 11) is 2.11. The molecule has 0 spiro atoms. The number of likely N-dealkylation sites (N-methyl/N-ethyl adjacent to an activating group) is 1. The largest absolute Gasteiger partial charge is 0.345 e. The van der Waals surface area contributed by atoms with Gasteiger partial charge in [-0.15, -0.1) is 0 Å². The molecule has 1 N–H and O–H groups in total. The molecule has 1 fully saturated rings. The van der Waals surface area contributed by atoms with Crippen LogP contribution in [0.4, 0.5) is 0 Å². The van der Waals surface area contributed by atoms with E-state index in [1.54, 1.807) is 18.6 Å². The second-order valence-electron chi connectivity index (χ2n) is 5.51. The van der Waals surface area contributed by atoms with Crippen LogP contribution in [0, 0.1) is 0 Å². The van der Waals surface area contributed by atoms with Crippen molar-refractivity contribution in [3.05, 3.63) is 54.1 Å². The molecule has 2 aromatic rings. The Kier molecular flexibility index (Phi) is 5.39. The summed E-state index contributed by atoms with van der Waals surface area (Å²) in [6.07, 6.45) is 5.03. The number of hydrazone groups is 1. The van der Waals surface area contributed by atoms with Crippen LogP contribution in [0.25, 0.3) is 0 Å². The van der Waals surface area contributed by atoms with Crippen LogP contribution in [0.15, 0.2) is 48.0 Å². The first-order valence-corrected chi connectivity index (χ1v) is 8.14. The van der Waals surface area contributed by atoms with Crippen molar-refractivity contribution in [2.45, 2.75) is 0 Å². The number of thiocarbonyl (C=S) groups is 1. The van der Waals surface area contributed by atoms with Crippen molar-refractivity contribution in [2.24, 2.45) is 5.10 Å². The minimum atomic E-state index is 0.624. The van der Waals surface area contributed by atoms with Gasteiger partial charge in [0.05, 0.1) is 18.1 Å². The lowest BCUT2D eigenvalue weighted by atomic mass is 10.1. The van der Waals surface area contributed by atoms with E-state index in [1.165, 1.54) is 0 Å². The highest BCUT2D eigenvalue weighted by molar-refractivity contribution is 7.80. The summed E-state index contributed by atoms with van der Waals surface area (Å²) in [5, 5.41) is 12.9. The molecular weight excluding hydrogens is 322 g/mol. The first kappa shape index (κ1) is 16.4. The Balaban J connectivity index is 1.78. The topological polar surface area (TPSA) is 69.5 Å². The van der Waals surface area contributed by atoms with Crippen molar-refractivity contribution >= 4 is 23.0 Å². The lowest BCUT2D eigenvalue weighted by Gasteiger charge is -2.33. The fraction of sp³-hybridized carbons (Fsp3) is 0.312. The van der Waals surface area contributed by atoms with Gasteiger partial charge in [-0.05, 0) is 37.5 Å². The monoisotopic (exact) mass is 341 g/mol. The van der Waals surface area contributed by atoms with E-state index in [9.17, 15) is 0 Å². The van der Waals surface area contributed by atoms with Gasteiger partial charge in [-0.1, -0.05) is 6.07 Å². The predicted molar refractivity (Wildman–Crippen MR) is 96.7 cm³/mol. The molecule has 0 saturated carbocycles. The fourth-order valence-electron chi connectivity index (χ4n) is 2.39. The van der Waals surface area contributed by atoms with Crippen LogP contribution in [-0.4, -0.2) is 69.0 Å². The SMILES string of the molecule is CN1CCN(C(=S)N/N=C(\c2ccnnc2)c2ccccn2)CC1. The molecule has 0 amide bonds. The van der Waals surface area contributed by atoms with Gasteiger partial charge in [0, 0.05) is 37.9 Å². The Hall–Kier alpha value is -2.45. The number of pyridine rings is 1. The van der Waals surface area contributed by atoms with Crippen molar-refractivity contribution < 1.29 is 0 Å². The minimum absolute atomic E-state index is 0.624. The lowest BCUT2D eigenvalue weighted by molar-refractivity contribution is 0.214. The fourth-order valence-corrected chi connectivity index (χ4v) is 2.62. The van der Waals surface area contributed by atoms with E-state index in [1.807, 2.05) is 24.3 Å². The minimum Gasteiger partial charge on any atom is -0.345 e. The molecule has 8 heteroatoms. The van der Waals surface area contributed by atoms with E-state index < -0.39 is 0 Å². The maximum Gasteiger partial charge on any atom is 0.189 e. The quantitative estimate of drug-likeness (QED) is 0.502. The van der Waals surface area contributed by atoms with Crippen LogP contribution in [0.5, 0.6) is 0 Å². The zero-order valence-corrected chi connectivity index (χ0v) is 14.3. The van der Waals surface area contributed by atoms with Gasteiger partial charge in [0.15, 0.2) is 5.11 Å². The van der Waals surface area contributed by atoms with Crippen LogP contribution < -0.4 is 5.43 Å². The number of nitrogens with one attached hydrogen (secondary N) is 1. The Morgan fingerprint density at radius 2 is 1.96 bits per heavy atom. The second kappa shape index (κ2) is 7.89. The van der Waals surface area contributed by atoms with Crippen molar-refractivity contribution in [3.63, 3.8) is 0 Å². The first-order valence-electron chi connectivity index (χ1n) is 7.73. The maximum atomic E-state index is 5.47. The van der Waals surface area contributed by atoms with Gasteiger partial charge in [-0.2, -0.15) is 15.3 Å². The van der Waals surface area contributed by atoms with Crippen molar-refractivity contribution in [3.8, 4) is 0 Å². The molecule has 24 heavy (non-hydrogen) atoms. The Labute approximate surface area is 146 Å². The van der Waals surface area contributed by atoms with Crippen LogP contribution in [-0.2, 0) is 0 Å². The molecule has 1 saturated heterocycles. The third kappa shape index (κ3) is 4.09. The molecular formula is C16H19N7S. The average Bonchev–Trinajstić information content (AvgIpc) is 2.64. The predicted octanol–water partition coefficient (Wildman–Crippen LogP) is 0.746. The Morgan fingerprint density at radius 1 is 1.12 bits per heavy atom. The van der Waals surface area contributed by atoms with Crippen LogP contribution >= 0.6 is 12.2 Å². The Bertz CT molecular complexity index is 655. The zero-order chi connectivity index (χ0) is 16.8. The Morgan fingerprint density at radius 3 is 2.62 bits per heavy atom. The molecule has 0 atom stereocenters. The molecule has 124 valence electrons. The zero-order valence-electron chi connectivity index (χ0n) is 13.5. The van der Waals surface area contributed by atoms with Crippen molar-refractivity contribution in [2.75, 3.05) is 33.2 Å². The summed E-state index contributed by atoms with van der Waals surface area (Å²) in [4.78, 5) is 8.78. The standard InChI is InChI=1S/C16H19N7S/c1-22-8-10-23(11-9-22)16(24)21-20-15(13-5-7-18-19-12-13)14-4-2-3-6-17-14/h2-7,12H,8-11H2,1H3,(H,21,24)/b20-15+. The first-order chi connectivity index (χ1) is 11.7. The third-order valence-corrected chi connectivity index (χ3v) is 4.17. The summed E-state index contributed by atoms with van der Waals surface area (Å²) >= 11 is 5.47. The molecule has 1 aliphatic rings. The number of nitrogens with zero attached hydrogens (tertiary/aromatic N) is 6. The second-order valence-corrected chi connectivity index (χ2v) is 5.90. The van der Waals surface area contributed by atoms with Gasteiger partial charge in [-0.25, -0.2) is 0 Å². The summed E-state index contributed by atoms with van der Waals surface area (Å²) in [6, 6.07) is 7.54. The van der Waals surface area contributed by atoms with E-state index >= 15 is 0 Å². The smallest absolute Gasteiger partial charge is 0.189 e. The molecule has 7 nitrogen and oxygen atoms in total. The van der Waals surface area contributed by atoms with Crippen molar-refractivity contribution in [1.82, 2.24) is 30.4 Å². The van der Waals surface area contributed by atoms with E-state index in [-0.39, 0.29) is 0 Å². The molecule has 3 rings (SSSR count). The molecule has 2 aromatic heterocycles.